The normalized spacial score (nSPS) is 19.9. The summed E-state index contributed by atoms with van der Waals surface area (Å²) in [6.07, 6.45) is -0.470. The summed E-state index contributed by atoms with van der Waals surface area (Å²) >= 11 is 11.8. The fraction of sp³-hybridized carbons (Fsp3) is 0.385. The SMILES string of the molecule is N#CC1CN(CC(=O)c2ccc(Cl)cc2Cl)CCO1. The third-order valence-electron chi connectivity index (χ3n) is 2.89. The molecule has 0 spiro atoms. The van der Waals surface area contributed by atoms with Crippen molar-refractivity contribution in [3.8, 4) is 6.07 Å². The number of carbonyl (C=O) groups excluding carboxylic acids is 1. The quantitative estimate of drug-likeness (QED) is 0.804. The van der Waals surface area contributed by atoms with Gasteiger partial charge in [0.25, 0.3) is 0 Å². The number of ether oxygens (including phenoxy) is 1. The molecule has 0 bridgehead atoms. The van der Waals surface area contributed by atoms with Gasteiger partial charge in [0.1, 0.15) is 0 Å². The summed E-state index contributed by atoms with van der Waals surface area (Å²) in [6.45, 7) is 1.76. The van der Waals surface area contributed by atoms with Gasteiger partial charge in [0.2, 0.25) is 0 Å². The Hall–Kier alpha value is -1.12. The minimum Gasteiger partial charge on any atom is -0.361 e. The highest BCUT2D eigenvalue weighted by Gasteiger charge is 2.22. The minimum absolute atomic E-state index is 0.0831. The zero-order chi connectivity index (χ0) is 13.8. The topological polar surface area (TPSA) is 53.3 Å². The van der Waals surface area contributed by atoms with Crippen molar-refractivity contribution in [1.82, 2.24) is 4.90 Å². The highest BCUT2D eigenvalue weighted by Crippen LogP contribution is 2.21. The summed E-state index contributed by atoms with van der Waals surface area (Å²) in [4.78, 5) is 14.0. The van der Waals surface area contributed by atoms with Crippen molar-refractivity contribution in [3.05, 3.63) is 33.8 Å². The molecular weight excluding hydrogens is 287 g/mol. The molecule has 1 fully saturated rings. The first-order valence-electron chi connectivity index (χ1n) is 5.82. The molecule has 0 N–H and O–H groups in total. The maximum Gasteiger partial charge on any atom is 0.178 e. The van der Waals surface area contributed by atoms with Crippen LogP contribution in [0.25, 0.3) is 0 Å². The van der Waals surface area contributed by atoms with Crippen molar-refractivity contribution in [2.24, 2.45) is 0 Å². The number of halogens is 2. The fourth-order valence-corrected chi connectivity index (χ4v) is 2.44. The molecule has 1 aromatic rings. The molecule has 1 aliphatic heterocycles. The van der Waals surface area contributed by atoms with E-state index in [9.17, 15) is 4.79 Å². The first-order valence-corrected chi connectivity index (χ1v) is 6.57. The van der Waals surface area contributed by atoms with Gasteiger partial charge in [-0.05, 0) is 18.2 Å². The summed E-state index contributed by atoms with van der Waals surface area (Å²) in [7, 11) is 0. The van der Waals surface area contributed by atoms with Crippen LogP contribution in [-0.2, 0) is 4.74 Å². The molecule has 1 aliphatic rings. The van der Waals surface area contributed by atoms with E-state index in [2.05, 4.69) is 0 Å². The lowest BCUT2D eigenvalue weighted by molar-refractivity contribution is 0.00241. The number of hydrogen-bond donors (Lipinski definition) is 0. The van der Waals surface area contributed by atoms with Crippen LogP contribution in [0.4, 0.5) is 0 Å². The summed E-state index contributed by atoms with van der Waals surface area (Å²) in [5.41, 5.74) is 0.450. The molecule has 1 heterocycles. The van der Waals surface area contributed by atoms with Crippen LogP contribution in [0.2, 0.25) is 10.0 Å². The Kier molecular flexibility index (Phi) is 4.78. The Labute approximate surface area is 121 Å². The Balaban J connectivity index is 2.03. The van der Waals surface area contributed by atoms with Crippen LogP contribution >= 0.6 is 23.2 Å². The molecular formula is C13H12Cl2N2O2. The molecule has 0 aliphatic carbocycles. The molecule has 6 heteroatoms. The first-order chi connectivity index (χ1) is 9.10. The Bertz CT molecular complexity index is 528. The molecule has 1 saturated heterocycles. The van der Waals surface area contributed by atoms with E-state index in [0.717, 1.165) is 0 Å². The zero-order valence-corrected chi connectivity index (χ0v) is 11.6. The van der Waals surface area contributed by atoms with Gasteiger partial charge in [-0.3, -0.25) is 9.69 Å². The van der Waals surface area contributed by atoms with Crippen molar-refractivity contribution in [2.75, 3.05) is 26.2 Å². The molecule has 100 valence electrons. The molecule has 1 aromatic carbocycles. The lowest BCUT2D eigenvalue weighted by Gasteiger charge is -2.29. The summed E-state index contributed by atoms with van der Waals surface area (Å²) in [6, 6.07) is 6.85. The van der Waals surface area contributed by atoms with Gasteiger partial charge in [-0.15, -0.1) is 0 Å². The van der Waals surface area contributed by atoms with E-state index in [4.69, 9.17) is 33.2 Å². The van der Waals surface area contributed by atoms with Gasteiger partial charge in [-0.1, -0.05) is 23.2 Å². The Morgan fingerprint density at radius 2 is 2.32 bits per heavy atom. The number of hydrogen-bond acceptors (Lipinski definition) is 4. The maximum absolute atomic E-state index is 12.1. The minimum atomic E-state index is -0.470. The molecule has 1 atom stereocenters. The van der Waals surface area contributed by atoms with Gasteiger partial charge in [0.15, 0.2) is 11.9 Å². The number of benzene rings is 1. The van der Waals surface area contributed by atoms with Crippen LogP contribution in [0.15, 0.2) is 18.2 Å². The predicted molar refractivity (Wildman–Crippen MR) is 72.6 cm³/mol. The number of rotatable bonds is 3. The van der Waals surface area contributed by atoms with Crippen LogP contribution in [-0.4, -0.2) is 43.0 Å². The monoisotopic (exact) mass is 298 g/mol. The average molecular weight is 299 g/mol. The van der Waals surface area contributed by atoms with Gasteiger partial charge in [-0.2, -0.15) is 5.26 Å². The standard InChI is InChI=1S/C13H12Cl2N2O2/c14-9-1-2-11(12(15)5-9)13(18)8-17-3-4-19-10(6-16)7-17/h1-2,5,10H,3-4,7-8H2. The van der Waals surface area contributed by atoms with Gasteiger partial charge in [0.05, 0.1) is 24.2 Å². The lowest BCUT2D eigenvalue weighted by Crippen LogP contribution is -2.44. The molecule has 19 heavy (non-hydrogen) atoms. The summed E-state index contributed by atoms with van der Waals surface area (Å²) < 4.78 is 5.23. The van der Waals surface area contributed by atoms with Crippen LogP contribution < -0.4 is 0 Å². The largest absolute Gasteiger partial charge is 0.361 e. The zero-order valence-electron chi connectivity index (χ0n) is 10.1. The van der Waals surface area contributed by atoms with Crippen LogP contribution in [0.3, 0.4) is 0 Å². The molecule has 0 saturated carbocycles. The van der Waals surface area contributed by atoms with Crippen molar-refractivity contribution in [2.45, 2.75) is 6.10 Å². The van der Waals surface area contributed by atoms with E-state index in [1.165, 1.54) is 0 Å². The molecule has 2 rings (SSSR count). The second-order valence-corrected chi connectivity index (χ2v) is 5.11. The molecule has 1 unspecified atom stereocenters. The van der Waals surface area contributed by atoms with Gasteiger partial charge < -0.3 is 4.74 Å². The number of carbonyl (C=O) groups is 1. The van der Waals surface area contributed by atoms with E-state index in [0.29, 0.717) is 35.3 Å². The van der Waals surface area contributed by atoms with Gasteiger partial charge >= 0.3 is 0 Å². The lowest BCUT2D eigenvalue weighted by atomic mass is 10.1. The Morgan fingerprint density at radius 1 is 1.53 bits per heavy atom. The first kappa shape index (κ1) is 14.3. The van der Waals surface area contributed by atoms with Crippen molar-refractivity contribution < 1.29 is 9.53 Å². The number of nitriles is 1. The highest BCUT2D eigenvalue weighted by molar-refractivity contribution is 6.36. The van der Waals surface area contributed by atoms with Crippen LogP contribution in [0.5, 0.6) is 0 Å². The fourth-order valence-electron chi connectivity index (χ4n) is 1.93. The van der Waals surface area contributed by atoms with Crippen LogP contribution in [0, 0.1) is 11.3 Å². The molecule has 0 radical (unpaired) electrons. The van der Waals surface area contributed by atoms with E-state index < -0.39 is 6.10 Å². The maximum atomic E-state index is 12.1. The second kappa shape index (κ2) is 6.36. The molecule has 0 aromatic heterocycles. The summed E-state index contributed by atoms with van der Waals surface area (Å²) in [5.74, 6) is -0.0831. The number of morpholine rings is 1. The predicted octanol–water partition coefficient (Wildman–Crippen LogP) is 2.40. The van der Waals surface area contributed by atoms with E-state index in [-0.39, 0.29) is 12.3 Å². The van der Waals surface area contributed by atoms with Crippen molar-refractivity contribution in [3.63, 3.8) is 0 Å². The number of Topliss-reactive ketones (excluding diaryl/α,β-unsaturated/α-hetero) is 1. The smallest absolute Gasteiger partial charge is 0.178 e. The molecule has 0 amide bonds. The second-order valence-electron chi connectivity index (χ2n) is 4.27. The third kappa shape index (κ3) is 3.68. The number of nitrogens with zero attached hydrogens (tertiary/aromatic N) is 2. The summed E-state index contributed by atoms with van der Waals surface area (Å²) in [5, 5.41) is 9.66. The van der Waals surface area contributed by atoms with Gasteiger partial charge in [-0.25, -0.2) is 0 Å². The Morgan fingerprint density at radius 3 is 3.00 bits per heavy atom. The van der Waals surface area contributed by atoms with Crippen molar-refractivity contribution in [1.29, 1.82) is 5.26 Å². The van der Waals surface area contributed by atoms with Gasteiger partial charge in [0, 0.05) is 23.7 Å². The van der Waals surface area contributed by atoms with E-state index >= 15 is 0 Å². The molecule has 4 nitrogen and oxygen atoms in total. The highest BCUT2D eigenvalue weighted by atomic mass is 35.5. The average Bonchev–Trinajstić information content (AvgIpc) is 2.38. The third-order valence-corrected chi connectivity index (χ3v) is 3.44. The van der Waals surface area contributed by atoms with E-state index in [1.807, 2.05) is 11.0 Å². The van der Waals surface area contributed by atoms with Crippen molar-refractivity contribution >= 4 is 29.0 Å². The van der Waals surface area contributed by atoms with Crippen LogP contribution in [0.1, 0.15) is 10.4 Å². The number of ketones is 1. The van der Waals surface area contributed by atoms with E-state index in [1.54, 1.807) is 18.2 Å².